The monoisotopic (exact) mass is 249 g/mol. The molecule has 0 radical (unpaired) electrons. The maximum atomic E-state index is 11.9. The van der Waals surface area contributed by atoms with Crippen LogP contribution in [0, 0.1) is 5.41 Å². The molecule has 2 amide bonds. The van der Waals surface area contributed by atoms with E-state index in [0.717, 1.165) is 0 Å². The third-order valence-corrected chi connectivity index (χ3v) is 2.65. The van der Waals surface area contributed by atoms with Gasteiger partial charge in [-0.15, -0.1) is 0 Å². The van der Waals surface area contributed by atoms with Gasteiger partial charge in [0.25, 0.3) is 0 Å². The minimum atomic E-state index is -0.603. The standard InChI is InChI=1S/C13H19N3O2/c1-13(2,3)10(14)12(18)16-9-6-4-8(5-7-9)11(15)17/h4-7,10H,14H2,1-3H3,(H2,15,17)(H,16,18)/t10-/m0/s1. The highest BCUT2D eigenvalue weighted by molar-refractivity contribution is 5.96. The van der Waals surface area contributed by atoms with E-state index in [1.165, 1.54) is 0 Å². The number of hydrogen-bond donors (Lipinski definition) is 3. The zero-order valence-electron chi connectivity index (χ0n) is 10.9. The highest BCUT2D eigenvalue weighted by Gasteiger charge is 2.27. The van der Waals surface area contributed by atoms with Crippen molar-refractivity contribution >= 4 is 17.5 Å². The minimum Gasteiger partial charge on any atom is -0.366 e. The third kappa shape index (κ3) is 3.56. The van der Waals surface area contributed by atoms with E-state index in [1.54, 1.807) is 24.3 Å². The predicted octanol–water partition coefficient (Wildman–Crippen LogP) is 1.10. The molecular weight excluding hydrogens is 230 g/mol. The first-order valence-corrected chi connectivity index (χ1v) is 5.68. The summed E-state index contributed by atoms with van der Waals surface area (Å²) in [6.07, 6.45) is 0. The Morgan fingerprint density at radius 1 is 1.17 bits per heavy atom. The number of rotatable bonds is 3. The van der Waals surface area contributed by atoms with Crippen molar-refractivity contribution in [3.63, 3.8) is 0 Å². The number of carbonyl (C=O) groups is 2. The fourth-order valence-electron chi connectivity index (χ4n) is 1.33. The molecule has 18 heavy (non-hydrogen) atoms. The number of nitrogens with one attached hydrogen (secondary N) is 1. The molecule has 0 bridgehead atoms. The van der Waals surface area contributed by atoms with Crippen molar-refractivity contribution in [2.24, 2.45) is 16.9 Å². The molecule has 0 saturated heterocycles. The third-order valence-electron chi connectivity index (χ3n) is 2.65. The molecule has 1 atom stereocenters. The van der Waals surface area contributed by atoms with E-state index in [0.29, 0.717) is 11.3 Å². The van der Waals surface area contributed by atoms with Gasteiger partial charge in [0.15, 0.2) is 0 Å². The Morgan fingerprint density at radius 3 is 2.06 bits per heavy atom. The van der Waals surface area contributed by atoms with E-state index >= 15 is 0 Å². The summed E-state index contributed by atoms with van der Waals surface area (Å²) in [6.45, 7) is 5.69. The average Bonchev–Trinajstić information content (AvgIpc) is 2.27. The van der Waals surface area contributed by atoms with Gasteiger partial charge in [0, 0.05) is 11.3 Å². The summed E-state index contributed by atoms with van der Waals surface area (Å²) in [5.41, 5.74) is 11.6. The molecule has 98 valence electrons. The van der Waals surface area contributed by atoms with E-state index in [2.05, 4.69) is 5.32 Å². The number of benzene rings is 1. The van der Waals surface area contributed by atoms with Gasteiger partial charge < -0.3 is 16.8 Å². The zero-order valence-corrected chi connectivity index (χ0v) is 10.9. The molecule has 0 aliphatic rings. The number of hydrogen-bond acceptors (Lipinski definition) is 3. The van der Waals surface area contributed by atoms with E-state index < -0.39 is 11.9 Å². The van der Waals surface area contributed by atoms with Crippen molar-refractivity contribution in [1.82, 2.24) is 0 Å². The van der Waals surface area contributed by atoms with Crippen LogP contribution in [0.3, 0.4) is 0 Å². The van der Waals surface area contributed by atoms with Crippen molar-refractivity contribution in [1.29, 1.82) is 0 Å². The van der Waals surface area contributed by atoms with Crippen molar-refractivity contribution in [3.8, 4) is 0 Å². The molecule has 5 nitrogen and oxygen atoms in total. The number of primary amides is 1. The van der Waals surface area contributed by atoms with Crippen LogP contribution in [0.5, 0.6) is 0 Å². The molecule has 0 heterocycles. The summed E-state index contributed by atoms with van der Waals surface area (Å²) in [4.78, 5) is 22.7. The second-order valence-electron chi connectivity index (χ2n) is 5.27. The molecule has 0 aliphatic heterocycles. The molecular formula is C13H19N3O2. The van der Waals surface area contributed by atoms with E-state index in [1.807, 2.05) is 20.8 Å². The van der Waals surface area contributed by atoms with Crippen LogP contribution < -0.4 is 16.8 Å². The molecule has 0 aliphatic carbocycles. The van der Waals surface area contributed by atoms with Crippen LogP contribution in [0.1, 0.15) is 31.1 Å². The van der Waals surface area contributed by atoms with E-state index in [4.69, 9.17) is 11.5 Å². The second-order valence-corrected chi connectivity index (χ2v) is 5.27. The Balaban J connectivity index is 2.74. The first-order chi connectivity index (χ1) is 8.21. The van der Waals surface area contributed by atoms with Crippen LogP contribution in [-0.4, -0.2) is 17.9 Å². The Bertz CT molecular complexity index is 446. The number of anilines is 1. The smallest absolute Gasteiger partial charge is 0.248 e. The van der Waals surface area contributed by atoms with Crippen LogP contribution in [0.15, 0.2) is 24.3 Å². The maximum absolute atomic E-state index is 11.9. The SMILES string of the molecule is CC(C)(C)[C@@H](N)C(=O)Nc1ccc(C(N)=O)cc1. The van der Waals surface area contributed by atoms with Crippen LogP contribution >= 0.6 is 0 Å². The Morgan fingerprint density at radius 2 is 1.67 bits per heavy atom. The molecule has 5 heteroatoms. The first-order valence-electron chi connectivity index (χ1n) is 5.68. The Hall–Kier alpha value is -1.88. The van der Waals surface area contributed by atoms with Gasteiger partial charge in [-0.2, -0.15) is 0 Å². The van der Waals surface area contributed by atoms with Crippen LogP contribution in [0.4, 0.5) is 5.69 Å². The molecule has 0 unspecified atom stereocenters. The van der Waals surface area contributed by atoms with Crippen LogP contribution in [0.25, 0.3) is 0 Å². The zero-order chi connectivity index (χ0) is 13.9. The fraction of sp³-hybridized carbons (Fsp3) is 0.385. The summed E-state index contributed by atoms with van der Waals surface area (Å²) < 4.78 is 0. The molecule has 0 saturated carbocycles. The molecule has 1 aromatic carbocycles. The largest absolute Gasteiger partial charge is 0.366 e. The van der Waals surface area contributed by atoms with Crippen molar-refractivity contribution in [2.75, 3.05) is 5.32 Å². The molecule has 5 N–H and O–H groups in total. The summed E-state index contributed by atoms with van der Waals surface area (Å²) in [7, 11) is 0. The number of nitrogens with two attached hydrogens (primary N) is 2. The lowest BCUT2D eigenvalue weighted by Crippen LogP contribution is -2.45. The molecule has 0 spiro atoms. The van der Waals surface area contributed by atoms with Crippen LogP contribution in [-0.2, 0) is 4.79 Å². The van der Waals surface area contributed by atoms with Gasteiger partial charge in [0.2, 0.25) is 11.8 Å². The lowest BCUT2D eigenvalue weighted by molar-refractivity contribution is -0.119. The van der Waals surface area contributed by atoms with Crippen LogP contribution in [0.2, 0.25) is 0 Å². The molecule has 1 aromatic rings. The molecule has 0 fully saturated rings. The average molecular weight is 249 g/mol. The normalized spacial score (nSPS) is 12.9. The van der Waals surface area contributed by atoms with E-state index in [-0.39, 0.29) is 11.3 Å². The topological polar surface area (TPSA) is 98.2 Å². The summed E-state index contributed by atoms with van der Waals surface area (Å²) in [6, 6.07) is 5.75. The van der Waals surface area contributed by atoms with Gasteiger partial charge in [-0.1, -0.05) is 20.8 Å². The first kappa shape index (κ1) is 14.2. The van der Waals surface area contributed by atoms with E-state index in [9.17, 15) is 9.59 Å². The van der Waals surface area contributed by atoms with Crippen molar-refractivity contribution in [2.45, 2.75) is 26.8 Å². The summed E-state index contributed by atoms with van der Waals surface area (Å²) >= 11 is 0. The van der Waals surface area contributed by atoms with Gasteiger partial charge in [0.05, 0.1) is 6.04 Å². The lowest BCUT2D eigenvalue weighted by atomic mass is 9.87. The Labute approximate surface area is 107 Å². The predicted molar refractivity (Wildman–Crippen MR) is 71.0 cm³/mol. The fourth-order valence-corrected chi connectivity index (χ4v) is 1.33. The van der Waals surface area contributed by atoms with Crippen molar-refractivity contribution < 1.29 is 9.59 Å². The highest BCUT2D eigenvalue weighted by atomic mass is 16.2. The number of amides is 2. The second kappa shape index (κ2) is 5.18. The van der Waals surface area contributed by atoms with Gasteiger partial charge >= 0.3 is 0 Å². The summed E-state index contributed by atoms with van der Waals surface area (Å²) in [5, 5.41) is 2.70. The highest BCUT2D eigenvalue weighted by Crippen LogP contribution is 2.19. The molecule has 1 rings (SSSR count). The molecule has 0 aromatic heterocycles. The lowest BCUT2D eigenvalue weighted by Gasteiger charge is -2.25. The van der Waals surface area contributed by atoms with Gasteiger partial charge in [-0.25, -0.2) is 0 Å². The number of carbonyl (C=O) groups excluding carboxylic acids is 2. The van der Waals surface area contributed by atoms with Gasteiger partial charge in [-0.05, 0) is 29.7 Å². The van der Waals surface area contributed by atoms with Crippen molar-refractivity contribution in [3.05, 3.63) is 29.8 Å². The summed E-state index contributed by atoms with van der Waals surface area (Å²) in [5.74, 6) is -0.756. The maximum Gasteiger partial charge on any atom is 0.248 e. The van der Waals surface area contributed by atoms with Gasteiger partial charge in [0.1, 0.15) is 0 Å². The minimum absolute atomic E-state index is 0.255. The Kier molecular flexibility index (Phi) is 4.08. The van der Waals surface area contributed by atoms with Gasteiger partial charge in [-0.3, -0.25) is 9.59 Å². The quantitative estimate of drug-likeness (QED) is 0.748.